The fraction of sp³-hybridized carbons (Fsp3) is 0.385. The smallest absolute Gasteiger partial charge is 0.322 e. The first-order valence-electron chi connectivity index (χ1n) is 6.05. The fourth-order valence-corrected chi connectivity index (χ4v) is 1.78. The molecule has 1 aromatic heterocycles. The lowest BCUT2D eigenvalue weighted by molar-refractivity contribution is 0.406. The molecule has 0 fully saturated rings. The molecule has 0 spiro atoms. The highest BCUT2D eigenvalue weighted by Gasteiger charge is 2.15. The van der Waals surface area contributed by atoms with Crippen molar-refractivity contribution in [2.75, 3.05) is 0 Å². The Morgan fingerprint density at radius 2 is 2.06 bits per heavy atom. The SMILES string of the molecule is CCn1c(Oc2ccccc2C)nnc1[C@@H](C)N. The molecular weight excluding hydrogens is 228 g/mol. The molecule has 18 heavy (non-hydrogen) atoms. The number of aromatic nitrogens is 3. The summed E-state index contributed by atoms with van der Waals surface area (Å²) in [5, 5.41) is 8.13. The van der Waals surface area contributed by atoms with Crippen molar-refractivity contribution in [3.05, 3.63) is 35.7 Å². The maximum absolute atomic E-state index is 5.85. The predicted octanol–water partition coefficient (Wildman–Crippen LogP) is 2.42. The monoisotopic (exact) mass is 246 g/mol. The normalized spacial score (nSPS) is 12.4. The molecule has 1 atom stereocenters. The molecule has 2 rings (SSSR count). The van der Waals surface area contributed by atoms with Gasteiger partial charge in [-0.15, -0.1) is 5.10 Å². The van der Waals surface area contributed by atoms with E-state index < -0.39 is 0 Å². The van der Waals surface area contributed by atoms with Crippen molar-refractivity contribution in [2.24, 2.45) is 5.73 Å². The van der Waals surface area contributed by atoms with Crippen LogP contribution in [0.5, 0.6) is 11.8 Å². The van der Waals surface area contributed by atoms with Crippen molar-refractivity contribution in [1.82, 2.24) is 14.8 Å². The van der Waals surface area contributed by atoms with Gasteiger partial charge >= 0.3 is 6.01 Å². The van der Waals surface area contributed by atoms with E-state index in [0.29, 0.717) is 6.01 Å². The molecular formula is C13H18N4O. The maximum atomic E-state index is 5.85. The molecule has 0 amide bonds. The zero-order valence-corrected chi connectivity index (χ0v) is 10.9. The summed E-state index contributed by atoms with van der Waals surface area (Å²) in [5.41, 5.74) is 6.91. The van der Waals surface area contributed by atoms with Gasteiger partial charge in [-0.1, -0.05) is 23.3 Å². The van der Waals surface area contributed by atoms with Crippen molar-refractivity contribution >= 4 is 0 Å². The number of benzene rings is 1. The number of nitrogens with zero attached hydrogens (tertiary/aromatic N) is 3. The molecule has 0 saturated heterocycles. The molecule has 2 aromatic rings. The molecule has 0 aliphatic rings. The molecule has 0 aliphatic carbocycles. The summed E-state index contributed by atoms with van der Waals surface area (Å²) in [7, 11) is 0. The number of rotatable bonds is 4. The van der Waals surface area contributed by atoms with E-state index >= 15 is 0 Å². The van der Waals surface area contributed by atoms with Crippen LogP contribution in [0.15, 0.2) is 24.3 Å². The molecule has 0 aliphatic heterocycles. The predicted molar refractivity (Wildman–Crippen MR) is 69.6 cm³/mol. The van der Waals surface area contributed by atoms with Gasteiger partial charge in [-0.2, -0.15) is 0 Å². The molecule has 0 bridgehead atoms. The highest BCUT2D eigenvalue weighted by molar-refractivity contribution is 5.33. The Morgan fingerprint density at radius 3 is 2.67 bits per heavy atom. The van der Waals surface area contributed by atoms with Gasteiger partial charge in [-0.05, 0) is 32.4 Å². The van der Waals surface area contributed by atoms with Crippen LogP contribution in [0.4, 0.5) is 0 Å². The zero-order valence-electron chi connectivity index (χ0n) is 10.9. The third-order valence-electron chi connectivity index (χ3n) is 2.76. The van der Waals surface area contributed by atoms with Crippen LogP contribution < -0.4 is 10.5 Å². The van der Waals surface area contributed by atoms with Crippen LogP contribution in [0, 0.1) is 6.92 Å². The first kappa shape index (κ1) is 12.6. The molecule has 0 radical (unpaired) electrons. The van der Waals surface area contributed by atoms with E-state index in [2.05, 4.69) is 10.2 Å². The van der Waals surface area contributed by atoms with Crippen LogP contribution in [0.25, 0.3) is 0 Å². The van der Waals surface area contributed by atoms with Crippen LogP contribution in [-0.4, -0.2) is 14.8 Å². The quantitative estimate of drug-likeness (QED) is 0.899. The average Bonchev–Trinajstić information content (AvgIpc) is 2.75. The van der Waals surface area contributed by atoms with E-state index in [1.165, 1.54) is 0 Å². The second-order valence-corrected chi connectivity index (χ2v) is 4.24. The summed E-state index contributed by atoms with van der Waals surface area (Å²) in [4.78, 5) is 0. The van der Waals surface area contributed by atoms with Gasteiger partial charge < -0.3 is 10.5 Å². The second kappa shape index (κ2) is 5.18. The van der Waals surface area contributed by atoms with Gasteiger partial charge in [0.15, 0.2) is 5.82 Å². The lowest BCUT2D eigenvalue weighted by atomic mass is 10.2. The molecule has 0 unspecified atom stereocenters. The fourth-order valence-electron chi connectivity index (χ4n) is 1.78. The van der Waals surface area contributed by atoms with E-state index in [1.54, 1.807) is 0 Å². The third-order valence-corrected chi connectivity index (χ3v) is 2.76. The van der Waals surface area contributed by atoms with Crippen molar-refractivity contribution in [1.29, 1.82) is 0 Å². The lowest BCUT2D eigenvalue weighted by Crippen LogP contribution is -2.13. The van der Waals surface area contributed by atoms with Gasteiger partial charge in [-0.25, -0.2) is 0 Å². The van der Waals surface area contributed by atoms with Crippen LogP contribution in [-0.2, 0) is 6.54 Å². The van der Waals surface area contributed by atoms with Crippen LogP contribution in [0.2, 0.25) is 0 Å². The average molecular weight is 246 g/mol. The topological polar surface area (TPSA) is 66.0 Å². The molecule has 5 nitrogen and oxygen atoms in total. The molecule has 96 valence electrons. The molecule has 1 heterocycles. The Kier molecular flexibility index (Phi) is 3.62. The minimum absolute atomic E-state index is 0.160. The van der Waals surface area contributed by atoms with E-state index in [9.17, 15) is 0 Å². The molecule has 1 aromatic carbocycles. The number of nitrogens with two attached hydrogens (primary N) is 1. The van der Waals surface area contributed by atoms with Gasteiger partial charge in [-0.3, -0.25) is 4.57 Å². The highest BCUT2D eigenvalue weighted by Crippen LogP contribution is 2.24. The lowest BCUT2D eigenvalue weighted by Gasteiger charge is -2.11. The summed E-state index contributed by atoms with van der Waals surface area (Å²) < 4.78 is 7.68. The van der Waals surface area contributed by atoms with Crippen LogP contribution >= 0.6 is 0 Å². The summed E-state index contributed by atoms with van der Waals surface area (Å²) >= 11 is 0. The first-order valence-corrected chi connectivity index (χ1v) is 6.05. The van der Waals surface area contributed by atoms with Gasteiger partial charge in [0.05, 0.1) is 6.04 Å². The Bertz CT molecular complexity index is 534. The second-order valence-electron chi connectivity index (χ2n) is 4.24. The number of hydrogen-bond donors (Lipinski definition) is 1. The molecule has 0 saturated carbocycles. The molecule has 2 N–H and O–H groups in total. The Labute approximate surface area is 107 Å². The van der Waals surface area contributed by atoms with Gasteiger partial charge in [0, 0.05) is 6.54 Å². The Hall–Kier alpha value is -1.88. The maximum Gasteiger partial charge on any atom is 0.322 e. The van der Waals surface area contributed by atoms with Crippen molar-refractivity contribution in [3.8, 4) is 11.8 Å². The van der Waals surface area contributed by atoms with Crippen molar-refractivity contribution in [2.45, 2.75) is 33.4 Å². The number of ether oxygens (including phenoxy) is 1. The third kappa shape index (κ3) is 2.36. The van der Waals surface area contributed by atoms with Gasteiger partial charge in [0.1, 0.15) is 5.75 Å². The summed E-state index contributed by atoms with van der Waals surface area (Å²) in [6.07, 6.45) is 0. The Morgan fingerprint density at radius 1 is 1.33 bits per heavy atom. The first-order chi connectivity index (χ1) is 8.63. The summed E-state index contributed by atoms with van der Waals surface area (Å²) in [6.45, 7) is 6.62. The van der Waals surface area contributed by atoms with E-state index in [4.69, 9.17) is 10.5 Å². The minimum Gasteiger partial charge on any atom is -0.424 e. The van der Waals surface area contributed by atoms with E-state index in [1.807, 2.05) is 49.6 Å². The summed E-state index contributed by atoms with van der Waals surface area (Å²) in [5.74, 6) is 1.52. The number of hydrogen-bond acceptors (Lipinski definition) is 4. The molecule has 5 heteroatoms. The van der Waals surface area contributed by atoms with Crippen molar-refractivity contribution in [3.63, 3.8) is 0 Å². The largest absolute Gasteiger partial charge is 0.424 e. The number of para-hydroxylation sites is 1. The van der Waals surface area contributed by atoms with Crippen molar-refractivity contribution < 1.29 is 4.74 Å². The van der Waals surface area contributed by atoms with Gasteiger partial charge in [0.2, 0.25) is 0 Å². The highest BCUT2D eigenvalue weighted by atomic mass is 16.5. The van der Waals surface area contributed by atoms with Crippen LogP contribution in [0.1, 0.15) is 31.3 Å². The van der Waals surface area contributed by atoms with E-state index in [0.717, 1.165) is 23.7 Å². The van der Waals surface area contributed by atoms with Crippen LogP contribution in [0.3, 0.4) is 0 Å². The standard InChI is InChI=1S/C13H18N4O/c1-4-17-12(10(3)14)15-16-13(17)18-11-8-6-5-7-9(11)2/h5-8,10H,4,14H2,1-3H3/t10-/m1/s1. The Balaban J connectivity index is 2.33. The zero-order chi connectivity index (χ0) is 13.1. The number of aryl methyl sites for hydroxylation is 1. The van der Waals surface area contributed by atoms with Gasteiger partial charge in [0.25, 0.3) is 0 Å². The van der Waals surface area contributed by atoms with E-state index in [-0.39, 0.29) is 6.04 Å². The minimum atomic E-state index is -0.160. The summed E-state index contributed by atoms with van der Waals surface area (Å²) in [6, 6.07) is 8.14.